The average molecular weight is 453 g/mol. The maximum atomic E-state index is 12.7. The third-order valence-corrected chi connectivity index (χ3v) is 6.61. The van der Waals surface area contributed by atoms with Crippen molar-refractivity contribution in [2.24, 2.45) is 0 Å². The van der Waals surface area contributed by atoms with Crippen LogP contribution in [-0.4, -0.2) is 63.8 Å². The monoisotopic (exact) mass is 452 g/mol. The van der Waals surface area contributed by atoms with Crippen LogP contribution in [0.2, 0.25) is 0 Å². The lowest BCUT2D eigenvalue weighted by molar-refractivity contribution is -0.150. The van der Waals surface area contributed by atoms with Crippen molar-refractivity contribution in [2.45, 2.75) is 50.2 Å². The molecular formula is C25H32N4O4. The van der Waals surface area contributed by atoms with Gasteiger partial charge in [-0.05, 0) is 55.7 Å². The number of aliphatic hydroxyl groups is 1. The van der Waals surface area contributed by atoms with E-state index in [2.05, 4.69) is 21.7 Å². The lowest BCUT2D eigenvalue weighted by Gasteiger charge is -2.39. The van der Waals surface area contributed by atoms with E-state index in [0.717, 1.165) is 43.7 Å². The SMILES string of the molecule is O=C(O)C(c1ccccc1)N1CCC(O)(C(=O)NCCCc2ccc3c(n2)NCCC3)CC1. The zero-order valence-electron chi connectivity index (χ0n) is 18.8. The number of amides is 1. The van der Waals surface area contributed by atoms with E-state index in [9.17, 15) is 19.8 Å². The molecule has 1 fully saturated rings. The number of benzene rings is 1. The summed E-state index contributed by atoms with van der Waals surface area (Å²) in [4.78, 5) is 31.0. The molecule has 176 valence electrons. The van der Waals surface area contributed by atoms with Gasteiger partial charge in [-0.2, -0.15) is 0 Å². The van der Waals surface area contributed by atoms with Gasteiger partial charge in [0.15, 0.2) is 0 Å². The Hall–Kier alpha value is -2.97. The molecule has 1 aromatic carbocycles. The molecule has 0 spiro atoms. The summed E-state index contributed by atoms with van der Waals surface area (Å²) in [5, 5.41) is 26.8. The van der Waals surface area contributed by atoms with E-state index in [1.54, 1.807) is 12.1 Å². The number of likely N-dealkylation sites (tertiary alicyclic amines) is 1. The van der Waals surface area contributed by atoms with Crippen LogP contribution in [0.3, 0.4) is 0 Å². The Kier molecular flexibility index (Phi) is 7.25. The Morgan fingerprint density at radius 3 is 2.64 bits per heavy atom. The lowest BCUT2D eigenvalue weighted by Crippen LogP contribution is -2.55. The molecule has 0 radical (unpaired) electrons. The molecule has 1 saturated heterocycles. The second-order valence-electron chi connectivity index (χ2n) is 8.92. The van der Waals surface area contributed by atoms with Crippen LogP contribution in [0.5, 0.6) is 0 Å². The fourth-order valence-corrected chi connectivity index (χ4v) is 4.67. The number of hydrogen-bond donors (Lipinski definition) is 4. The number of hydrogen-bond acceptors (Lipinski definition) is 6. The van der Waals surface area contributed by atoms with Gasteiger partial charge in [-0.15, -0.1) is 0 Å². The van der Waals surface area contributed by atoms with Crippen molar-refractivity contribution in [1.29, 1.82) is 0 Å². The summed E-state index contributed by atoms with van der Waals surface area (Å²) in [5.41, 5.74) is 1.48. The zero-order valence-corrected chi connectivity index (χ0v) is 18.8. The Bertz CT molecular complexity index is 974. The highest BCUT2D eigenvalue weighted by atomic mass is 16.4. The number of nitrogens with one attached hydrogen (secondary N) is 2. The van der Waals surface area contributed by atoms with E-state index in [1.807, 2.05) is 29.2 Å². The largest absolute Gasteiger partial charge is 0.480 e. The first kappa shape index (κ1) is 23.2. The Morgan fingerprint density at radius 2 is 1.91 bits per heavy atom. The molecule has 1 aromatic heterocycles. The van der Waals surface area contributed by atoms with Crippen molar-refractivity contribution in [1.82, 2.24) is 15.2 Å². The number of fused-ring (bicyclic) bond motifs is 1. The van der Waals surface area contributed by atoms with Gasteiger partial charge in [0.25, 0.3) is 5.91 Å². The zero-order chi connectivity index (χ0) is 23.3. The molecule has 1 amide bonds. The van der Waals surface area contributed by atoms with Crippen LogP contribution in [0.25, 0.3) is 0 Å². The molecule has 0 saturated carbocycles. The average Bonchev–Trinajstić information content (AvgIpc) is 2.83. The number of anilines is 1. The maximum Gasteiger partial charge on any atom is 0.325 e. The van der Waals surface area contributed by atoms with Crippen LogP contribution in [0, 0.1) is 0 Å². The van der Waals surface area contributed by atoms with Crippen LogP contribution in [0.4, 0.5) is 5.82 Å². The molecule has 1 atom stereocenters. The molecule has 8 nitrogen and oxygen atoms in total. The second-order valence-corrected chi connectivity index (χ2v) is 8.92. The second kappa shape index (κ2) is 10.3. The number of carboxylic acid groups (broad SMARTS) is 1. The van der Waals surface area contributed by atoms with E-state index in [0.29, 0.717) is 25.2 Å². The highest BCUT2D eigenvalue weighted by Gasteiger charge is 2.42. The van der Waals surface area contributed by atoms with Gasteiger partial charge in [0.05, 0.1) is 0 Å². The fraction of sp³-hybridized carbons (Fsp3) is 0.480. The molecule has 8 heteroatoms. The smallest absolute Gasteiger partial charge is 0.325 e. The standard InChI is InChI=1S/C25H32N4O4/c30-23(31)21(18-6-2-1-3-7-18)29-16-12-25(33,13-17-29)24(32)27-15-5-9-20-11-10-19-8-4-14-26-22(19)28-20/h1-3,6-7,10-11,21,33H,4-5,8-9,12-17H2,(H,26,28)(H,27,32)(H,30,31). The summed E-state index contributed by atoms with van der Waals surface area (Å²) in [7, 11) is 0. The third kappa shape index (κ3) is 5.51. The highest BCUT2D eigenvalue weighted by Crippen LogP contribution is 2.29. The minimum atomic E-state index is -1.47. The van der Waals surface area contributed by atoms with Crippen molar-refractivity contribution in [2.75, 3.05) is 31.5 Å². The molecule has 2 aromatic rings. The van der Waals surface area contributed by atoms with Gasteiger partial charge in [0, 0.05) is 31.9 Å². The predicted molar refractivity (Wildman–Crippen MR) is 125 cm³/mol. The summed E-state index contributed by atoms with van der Waals surface area (Å²) in [6, 6.07) is 12.4. The molecular weight excluding hydrogens is 420 g/mol. The van der Waals surface area contributed by atoms with Crippen molar-refractivity contribution < 1.29 is 19.8 Å². The Morgan fingerprint density at radius 1 is 1.15 bits per heavy atom. The van der Waals surface area contributed by atoms with Crippen LogP contribution >= 0.6 is 0 Å². The first-order chi connectivity index (χ1) is 16.0. The van der Waals surface area contributed by atoms with Gasteiger partial charge in [0.1, 0.15) is 17.5 Å². The third-order valence-electron chi connectivity index (χ3n) is 6.61. The summed E-state index contributed by atoms with van der Waals surface area (Å²) in [5.74, 6) is -0.338. The number of rotatable bonds is 8. The molecule has 2 aliphatic heterocycles. The van der Waals surface area contributed by atoms with E-state index in [-0.39, 0.29) is 18.7 Å². The lowest BCUT2D eigenvalue weighted by atomic mass is 9.89. The van der Waals surface area contributed by atoms with Crippen molar-refractivity contribution in [3.63, 3.8) is 0 Å². The number of piperidine rings is 1. The number of nitrogens with zero attached hydrogens (tertiary/aromatic N) is 2. The quantitative estimate of drug-likeness (QED) is 0.454. The van der Waals surface area contributed by atoms with Gasteiger partial charge < -0.3 is 20.8 Å². The van der Waals surface area contributed by atoms with Crippen molar-refractivity contribution in [3.05, 3.63) is 59.3 Å². The number of aryl methyl sites for hydroxylation is 2. The molecule has 2 aliphatic rings. The molecule has 4 N–H and O–H groups in total. The summed E-state index contributed by atoms with van der Waals surface area (Å²) < 4.78 is 0. The van der Waals surface area contributed by atoms with Crippen LogP contribution in [-0.2, 0) is 22.4 Å². The minimum absolute atomic E-state index is 0.202. The molecule has 1 unspecified atom stereocenters. The summed E-state index contributed by atoms with van der Waals surface area (Å²) in [6.45, 7) is 2.08. The van der Waals surface area contributed by atoms with Gasteiger partial charge in [0.2, 0.25) is 0 Å². The van der Waals surface area contributed by atoms with Crippen molar-refractivity contribution >= 4 is 17.7 Å². The first-order valence-electron chi connectivity index (χ1n) is 11.7. The van der Waals surface area contributed by atoms with Crippen LogP contribution in [0.1, 0.15) is 48.5 Å². The number of carbonyl (C=O) groups excluding carboxylic acids is 1. The highest BCUT2D eigenvalue weighted by molar-refractivity contribution is 5.85. The molecule has 4 rings (SSSR count). The molecule has 33 heavy (non-hydrogen) atoms. The van der Waals surface area contributed by atoms with Gasteiger partial charge in [-0.25, -0.2) is 4.98 Å². The number of carbonyl (C=O) groups is 2. The number of pyridine rings is 1. The predicted octanol–water partition coefficient (Wildman–Crippen LogP) is 2.14. The summed E-state index contributed by atoms with van der Waals surface area (Å²) >= 11 is 0. The fourth-order valence-electron chi connectivity index (χ4n) is 4.67. The minimum Gasteiger partial charge on any atom is -0.480 e. The van der Waals surface area contributed by atoms with Gasteiger partial charge >= 0.3 is 5.97 Å². The van der Waals surface area contributed by atoms with E-state index in [1.165, 1.54) is 5.56 Å². The number of aliphatic carboxylic acids is 1. The number of carboxylic acids is 1. The summed E-state index contributed by atoms with van der Waals surface area (Å²) in [6.07, 6.45) is 4.07. The molecule has 3 heterocycles. The maximum absolute atomic E-state index is 12.7. The Balaban J connectivity index is 1.25. The topological polar surface area (TPSA) is 115 Å². The molecule has 0 bridgehead atoms. The van der Waals surface area contributed by atoms with E-state index < -0.39 is 17.6 Å². The van der Waals surface area contributed by atoms with Crippen molar-refractivity contribution in [3.8, 4) is 0 Å². The van der Waals surface area contributed by atoms with E-state index in [4.69, 9.17) is 0 Å². The van der Waals surface area contributed by atoms with Gasteiger partial charge in [-0.3, -0.25) is 14.5 Å². The Labute approximate surface area is 194 Å². The first-order valence-corrected chi connectivity index (χ1v) is 11.7. The number of aromatic nitrogens is 1. The van der Waals surface area contributed by atoms with Gasteiger partial charge in [-0.1, -0.05) is 36.4 Å². The van der Waals surface area contributed by atoms with Crippen LogP contribution in [0.15, 0.2) is 42.5 Å². The normalized spacial score (nSPS) is 18.6. The van der Waals surface area contributed by atoms with Crippen LogP contribution < -0.4 is 10.6 Å². The van der Waals surface area contributed by atoms with E-state index >= 15 is 0 Å². The molecule has 0 aliphatic carbocycles.